The van der Waals surface area contributed by atoms with Crippen molar-refractivity contribution in [2.24, 2.45) is 11.8 Å². The van der Waals surface area contributed by atoms with Crippen molar-refractivity contribution in [2.75, 3.05) is 31.1 Å². The first-order valence-corrected chi connectivity index (χ1v) is 12.8. The van der Waals surface area contributed by atoms with Crippen LogP contribution in [0.5, 0.6) is 0 Å². The molecular weight excluding hydrogens is 419 g/mol. The van der Waals surface area contributed by atoms with E-state index in [1.54, 1.807) is 12.1 Å². The minimum Gasteiger partial charge on any atom is -0.353 e. The Kier molecular flexibility index (Phi) is 6.17. The summed E-state index contributed by atoms with van der Waals surface area (Å²) in [5.74, 6) is 3.29. The molecule has 1 fully saturated rings. The summed E-state index contributed by atoms with van der Waals surface area (Å²) in [6.07, 6.45) is 4.52. The van der Waals surface area contributed by atoms with E-state index in [4.69, 9.17) is 9.97 Å². The molecule has 0 amide bonds. The van der Waals surface area contributed by atoms with Crippen molar-refractivity contribution in [3.8, 4) is 0 Å². The molecule has 0 N–H and O–H groups in total. The van der Waals surface area contributed by atoms with E-state index in [0.29, 0.717) is 5.92 Å². The number of piperazine rings is 1. The molecule has 32 heavy (non-hydrogen) atoms. The second-order valence-corrected chi connectivity index (χ2v) is 11.1. The summed E-state index contributed by atoms with van der Waals surface area (Å²) in [6, 6.07) is 6.90. The average molecular weight is 453 g/mol. The molecule has 0 spiro atoms. The highest BCUT2D eigenvalue weighted by Crippen LogP contribution is 2.41. The molecule has 0 saturated carbocycles. The first-order valence-electron chi connectivity index (χ1n) is 12.0. The quantitative estimate of drug-likeness (QED) is 0.513. The highest BCUT2D eigenvalue weighted by molar-refractivity contribution is 7.19. The van der Waals surface area contributed by atoms with E-state index in [2.05, 4.69) is 30.6 Å². The summed E-state index contributed by atoms with van der Waals surface area (Å²) in [5.41, 5.74) is 2.69. The number of hydrogen-bond donors (Lipinski definition) is 0. The van der Waals surface area contributed by atoms with Gasteiger partial charge in [0.25, 0.3) is 0 Å². The molecule has 1 aliphatic carbocycles. The minimum absolute atomic E-state index is 0.169. The molecule has 1 aliphatic heterocycles. The Hall–Kier alpha value is -2.05. The molecule has 5 rings (SSSR count). The summed E-state index contributed by atoms with van der Waals surface area (Å²) in [4.78, 5) is 17.8. The van der Waals surface area contributed by atoms with Gasteiger partial charge in [-0.25, -0.2) is 14.4 Å². The molecule has 4 nitrogen and oxygen atoms in total. The summed E-state index contributed by atoms with van der Waals surface area (Å²) in [6.45, 7) is 11.6. The van der Waals surface area contributed by atoms with Crippen molar-refractivity contribution in [1.29, 1.82) is 0 Å². The number of anilines is 1. The summed E-state index contributed by atoms with van der Waals surface area (Å²) in [5, 5.41) is 1.33. The number of hydrogen-bond acceptors (Lipinski definition) is 5. The van der Waals surface area contributed by atoms with Crippen molar-refractivity contribution in [3.05, 3.63) is 51.9 Å². The number of halogens is 1. The van der Waals surface area contributed by atoms with E-state index in [0.717, 1.165) is 57.3 Å². The smallest absolute Gasteiger partial charge is 0.141 e. The monoisotopic (exact) mass is 452 g/mol. The number of thiophene rings is 1. The number of fused-ring (bicyclic) bond motifs is 3. The molecule has 0 bridgehead atoms. The molecule has 3 aromatic rings. The molecule has 1 atom stereocenters. The SMILES string of the molecule is CC(C)Cc1nc(N2CCN(Cc3ccc(F)cc3)CC2)c2c3c(sc2n1)CC(C)CC3. The maximum absolute atomic E-state index is 13.2. The van der Waals surface area contributed by atoms with E-state index < -0.39 is 0 Å². The summed E-state index contributed by atoms with van der Waals surface area (Å²) in [7, 11) is 0. The van der Waals surface area contributed by atoms with Gasteiger partial charge in [-0.1, -0.05) is 32.9 Å². The zero-order valence-electron chi connectivity index (χ0n) is 19.4. The van der Waals surface area contributed by atoms with Gasteiger partial charge in [0, 0.05) is 44.0 Å². The summed E-state index contributed by atoms with van der Waals surface area (Å²) < 4.78 is 13.2. The number of rotatable bonds is 5. The van der Waals surface area contributed by atoms with Crippen LogP contribution in [0.15, 0.2) is 24.3 Å². The van der Waals surface area contributed by atoms with Gasteiger partial charge in [-0.3, -0.25) is 4.90 Å². The predicted molar refractivity (Wildman–Crippen MR) is 131 cm³/mol. The minimum atomic E-state index is -0.169. The lowest BCUT2D eigenvalue weighted by molar-refractivity contribution is 0.249. The largest absolute Gasteiger partial charge is 0.353 e. The Balaban J connectivity index is 1.40. The number of aromatic nitrogens is 2. The van der Waals surface area contributed by atoms with Crippen LogP contribution in [0, 0.1) is 17.7 Å². The number of aryl methyl sites for hydroxylation is 1. The zero-order valence-corrected chi connectivity index (χ0v) is 20.2. The van der Waals surface area contributed by atoms with Gasteiger partial charge in [-0.15, -0.1) is 11.3 Å². The van der Waals surface area contributed by atoms with Gasteiger partial charge in [0.15, 0.2) is 0 Å². The Morgan fingerprint density at radius 3 is 2.56 bits per heavy atom. The molecule has 6 heteroatoms. The van der Waals surface area contributed by atoms with E-state index >= 15 is 0 Å². The Bertz CT molecular complexity index is 1080. The second kappa shape index (κ2) is 9.06. The van der Waals surface area contributed by atoms with Gasteiger partial charge in [0.1, 0.15) is 22.3 Å². The van der Waals surface area contributed by atoms with Crippen molar-refractivity contribution < 1.29 is 4.39 Å². The first-order chi connectivity index (χ1) is 15.5. The molecule has 2 aromatic heterocycles. The third kappa shape index (κ3) is 4.53. The fourth-order valence-corrected chi connectivity index (χ4v) is 6.41. The fourth-order valence-electron chi connectivity index (χ4n) is 5.02. The van der Waals surface area contributed by atoms with Gasteiger partial charge < -0.3 is 4.90 Å². The maximum Gasteiger partial charge on any atom is 0.141 e. The second-order valence-electron chi connectivity index (χ2n) is 9.98. The lowest BCUT2D eigenvalue weighted by atomic mass is 9.89. The van der Waals surface area contributed by atoms with Crippen molar-refractivity contribution in [1.82, 2.24) is 14.9 Å². The Morgan fingerprint density at radius 2 is 1.84 bits per heavy atom. The van der Waals surface area contributed by atoms with Crippen molar-refractivity contribution in [2.45, 2.75) is 53.0 Å². The third-order valence-electron chi connectivity index (χ3n) is 6.76. The van der Waals surface area contributed by atoms with Gasteiger partial charge in [-0.05, 0) is 54.4 Å². The van der Waals surface area contributed by atoms with Gasteiger partial charge in [0.2, 0.25) is 0 Å². The zero-order chi connectivity index (χ0) is 22.2. The molecule has 1 aromatic carbocycles. The van der Waals surface area contributed by atoms with Crippen LogP contribution in [-0.4, -0.2) is 41.0 Å². The summed E-state index contributed by atoms with van der Waals surface area (Å²) >= 11 is 1.91. The van der Waals surface area contributed by atoms with Crippen molar-refractivity contribution in [3.63, 3.8) is 0 Å². The van der Waals surface area contributed by atoms with Crippen LogP contribution in [0.25, 0.3) is 10.2 Å². The third-order valence-corrected chi connectivity index (χ3v) is 7.91. The molecular formula is C26H33FN4S. The van der Waals surface area contributed by atoms with Crippen LogP contribution in [0.1, 0.15) is 49.0 Å². The first kappa shape index (κ1) is 21.8. The van der Waals surface area contributed by atoms with Gasteiger partial charge in [0.05, 0.1) is 5.39 Å². The van der Waals surface area contributed by atoms with Crippen LogP contribution in [0.2, 0.25) is 0 Å². The van der Waals surface area contributed by atoms with Gasteiger partial charge >= 0.3 is 0 Å². The molecule has 0 radical (unpaired) electrons. The fraction of sp³-hybridized carbons (Fsp3) is 0.538. The maximum atomic E-state index is 13.2. The van der Waals surface area contributed by atoms with E-state index in [1.807, 2.05) is 23.5 Å². The predicted octanol–water partition coefficient (Wildman–Crippen LogP) is 5.48. The number of benzene rings is 1. The lowest BCUT2D eigenvalue weighted by Crippen LogP contribution is -2.46. The molecule has 1 unspecified atom stereocenters. The van der Waals surface area contributed by atoms with Gasteiger partial charge in [-0.2, -0.15) is 0 Å². The van der Waals surface area contributed by atoms with E-state index in [1.165, 1.54) is 44.9 Å². The van der Waals surface area contributed by atoms with Crippen molar-refractivity contribution >= 4 is 27.4 Å². The standard InChI is InChI=1S/C26H33FN4S/c1-17(2)14-23-28-25(24-21-9-4-18(3)15-22(21)32-26(24)29-23)31-12-10-30(11-13-31)16-19-5-7-20(27)8-6-19/h5-8,17-18H,4,9-16H2,1-3H3. The Labute approximate surface area is 194 Å². The van der Waals surface area contributed by atoms with Crippen LogP contribution < -0.4 is 4.90 Å². The highest BCUT2D eigenvalue weighted by Gasteiger charge is 2.27. The van der Waals surface area contributed by atoms with Crippen LogP contribution in [0.3, 0.4) is 0 Å². The molecule has 3 heterocycles. The lowest BCUT2D eigenvalue weighted by Gasteiger charge is -2.36. The normalized spacial score (nSPS) is 19.7. The van der Waals surface area contributed by atoms with Crippen LogP contribution in [0.4, 0.5) is 10.2 Å². The topological polar surface area (TPSA) is 32.3 Å². The molecule has 2 aliphatic rings. The average Bonchev–Trinajstić information content (AvgIpc) is 3.12. The van der Waals surface area contributed by atoms with Crippen LogP contribution in [-0.2, 0) is 25.8 Å². The van der Waals surface area contributed by atoms with E-state index in [9.17, 15) is 4.39 Å². The molecule has 170 valence electrons. The Morgan fingerprint density at radius 1 is 1.09 bits per heavy atom. The molecule has 1 saturated heterocycles. The van der Waals surface area contributed by atoms with E-state index in [-0.39, 0.29) is 5.82 Å². The highest BCUT2D eigenvalue weighted by atomic mass is 32.1. The van der Waals surface area contributed by atoms with Crippen LogP contribution >= 0.6 is 11.3 Å². The number of nitrogens with zero attached hydrogens (tertiary/aromatic N) is 4.